The highest BCUT2D eigenvalue weighted by Gasteiger charge is 2.67. The molecule has 2 aliphatic rings. The number of nitrogens with zero attached hydrogens (tertiary/aromatic N) is 1. The average molecular weight is 281 g/mol. The van der Waals surface area contributed by atoms with E-state index in [-0.39, 0.29) is 22.2 Å². The van der Waals surface area contributed by atoms with E-state index in [0.717, 1.165) is 19.3 Å². The lowest BCUT2D eigenvalue weighted by molar-refractivity contribution is -0.171. The smallest absolute Gasteiger partial charge is 0.140 e. The van der Waals surface area contributed by atoms with Gasteiger partial charge in [-0.05, 0) is 43.1 Å². The average Bonchev–Trinajstić information content (AvgIpc) is 2.43. The van der Waals surface area contributed by atoms with Gasteiger partial charge in [-0.15, -0.1) is 0 Å². The van der Waals surface area contributed by atoms with E-state index in [2.05, 4.69) is 32.0 Å². The van der Waals surface area contributed by atoms with Crippen molar-refractivity contribution in [1.29, 1.82) is 5.26 Å². The fourth-order valence-electron chi connectivity index (χ4n) is 4.69. The van der Waals surface area contributed by atoms with Gasteiger partial charge in [0.1, 0.15) is 5.78 Å². The number of hydrogen-bond acceptors (Lipinski definition) is 2. The van der Waals surface area contributed by atoms with Gasteiger partial charge in [0.15, 0.2) is 0 Å². The monoisotopic (exact) mass is 281 g/mol. The molecular formula is C19H23NO. The molecule has 0 aliphatic heterocycles. The van der Waals surface area contributed by atoms with E-state index >= 15 is 0 Å². The quantitative estimate of drug-likeness (QED) is 0.817. The molecule has 2 heteroatoms. The SMILES string of the molecule is CC1(C)CC(=O)[C@]2(Cc3ccccc3)C[C@@](C)(C#N)[C@@H]2C1. The Kier molecular flexibility index (Phi) is 3.03. The third-order valence-corrected chi connectivity index (χ3v) is 5.69. The molecule has 0 saturated heterocycles. The largest absolute Gasteiger partial charge is 0.299 e. The lowest BCUT2D eigenvalue weighted by Crippen LogP contribution is -2.63. The molecule has 2 fully saturated rings. The Balaban J connectivity index is 1.96. The van der Waals surface area contributed by atoms with Crippen molar-refractivity contribution in [3.05, 3.63) is 35.9 Å². The molecule has 2 aliphatic carbocycles. The van der Waals surface area contributed by atoms with E-state index in [4.69, 9.17) is 0 Å². The van der Waals surface area contributed by atoms with Crippen LogP contribution in [0, 0.1) is 33.5 Å². The summed E-state index contributed by atoms with van der Waals surface area (Å²) in [5, 5.41) is 9.56. The van der Waals surface area contributed by atoms with Crippen LogP contribution in [-0.4, -0.2) is 5.78 Å². The lowest BCUT2D eigenvalue weighted by Gasteiger charge is -2.63. The topological polar surface area (TPSA) is 40.9 Å². The molecule has 110 valence electrons. The molecule has 0 heterocycles. The van der Waals surface area contributed by atoms with Crippen molar-refractivity contribution >= 4 is 5.78 Å². The van der Waals surface area contributed by atoms with Crippen molar-refractivity contribution in [2.75, 3.05) is 0 Å². The number of carbonyl (C=O) groups excluding carboxylic acids is 1. The number of benzene rings is 1. The van der Waals surface area contributed by atoms with Gasteiger partial charge < -0.3 is 0 Å². The van der Waals surface area contributed by atoms with Gasteiger partial charge >= 0.3 is 0 Å². The van der Waals surface area contributed by atoms with E-state index in [9.17, 15) is 10.1 Å². The van der Waals surface area contributed by atoms with Crippen LogP contribution in [0.3, 0.4) is 0 Å². The second-order valence-corrected chi connectivity index (χ2v) is 8.05. The van der Waals surface area contributed by atoms with Crippen molar-refractivity contribution in [2.24, 2.45) is 22.2 Å². The first-order valence-corrected chi connectivity index (χ1v) is 7.80. The lowest BCUT2D eigenvalue weighted by atomic mass is 9.38. The van der Waals surface area contributed by atoms with E-state index in [1.165, 1.54) is 5.56 Å². The van der Waals surface area contributed by atoms with Gasteiger partial charge in [-0.3, -0.25) is 4.79 Å². The summed E-state index contributed by atoms with van der Waals surface area (Å²) in [5.74, 6) is 0.576. The number of ketones is 1. The highest BCUT2D eigenvalue weighted by Crippen LogP contribution is 2.67. The molecule has 0 N–H and O–H groups in total. The van der Waals surface area contributed by atoms with Crippen LogP contribution in [0.1, 0.15) is 45.6 Å². The molecule has 0 bridgehead atoms. The molecule has 0 unspecified atom stereocenters. The number of nitriles is 1. The molecule has 1 aromatic carbocycles. The van der Waals surface area contributed by atoms with Crippen LogP contribution in [0.2, 0.25) is 0 Å². The number of Topliss-reactive ketones (excluding diaryl/α,β-unsaturated/α-hetero) is 1. The molecule has 2 saturated carbocycles. The van der Waals surface area contributed by atoms with E-state index < -0.39 is 0 Å². The van der Waals surface area contributed by atoms with Crippen LogP contribution < -0.4 is 0 Å². The summed E-state index contributed by atoms with van der Waals surface area (Å²) in [6, 6.07) is 12.8. The third kappa shape index (κ3) is 2.11. The normalized spacial score (nSPS) is 37.2. The van der Waals surface area contributed by atoms with Crippen LogP contribution in [-0.2, 0) is 11.2 Å². The molecule has 0 radical (unpaired) electrons. The summed E-state index contributed by atoms with van der Waals surface area (Å²) in [6.07, 6.45) is 3.16. The highest BCUT2D eigenvalue weighted by atomic mass is 16.1. The van der Waals surface area contributed by atoms with Gasteiger partial charge in [-0.25, -0.2) is 0 Å². The van der Waals surface area contributed by atoms with E-state index in [1.54, 1.807) is 0 Å². The maximum Gasteiger partial charge on any atom is 0.140 e. The minimum absolute atomic E-state index is 0.0282. The zero-order valence-electron chi connectivity index (χ0n) is 13.1. The molecular weight excluding hydrogens is 258 g/mol. The van der Waals surface area contributed by atoms with Gasteiger partial charge in [0.2, 0.25) is 0 Å². The number of carbonyl (C=O) groups is 1. The van der Waals surface area contributed by atoms with Crippen molar-refractivity contribution in [1.82, 2.24) is 0 Å². The van der Waals surface area contributed by atoms with Gasteiger partial charge in [-0.2, -0.15) is 5.26 Å². The van der Waals surface area contributed by atoms with Crippen LogP contribution in [0.5, 0.6) is 0 Å². The van der Waals surface area contributed by atoms with Crippen molar-refractivity contribution in [3.8, 4) is 6.07 Å². The fourth-order valence-corrected chi connectivity index (χ4v) is 4.69. The Morgan fingerprint density at radius 3 is 2.52 bits per heavy atom. The third-order valence-electron chi connectivity index (χ3n) is 5.69. The minimum Gasteiger partial charge on any atom is -0.299 e. The molecule has 3 atom stereocenters. The maximum absolute atomic E-state index is 12.9. The maximum atomic E-state index is 12.9. The van der Waals surface area contributed by atoms with Gasteiger partial charge in [0.05, 0.1) is 11.5 Å². The summed E-state index contributed by atoms with van der Waals surface area (Å²) < 4.78 is 0. The molecule has 0 spiro atoms. The predicted octanol–water partition coefficient (Wildman–Crippen LogP) is 4.15. The molecule has 0 amide bonds. The Labute approximate surface area is 127 Å². The Hall–Kier alpha value is -1.62. The number of rotatable bonds is 2. The molecule has 2 nitrogen and oxygen atoms in total. The van der Waals surface area contributed by atoms with Gasteiger partial charge in [-0.1, -0.05) is 44.2 Å². The van der Waals surface area contributed by atoms with Crippen LogP contribution in [0.4, 0.5) is 0 Å². The van der Waals surface area contributed by atoms with Crippen LogP contribution in [0.25, 0.3) is 0 Å². The summed E-state index contributed by atoms with van der Waals surface area (Å²) in [4.78, 5) is 12.9. The second-order valence-electron chi connectivity index (χ2n) is 8.05. The Bertz CT molecular complexity index is 612. The number of fused-ring (bicyclic) bond motifs is 1. The van der Waals surface area contributed by atoms with Gasteiger partial charge in [0, 0.05) is 11.8 Å². The Morgan fingerprint density at radius 1 is 1.24 bits per heavy atom. The minimum atomic E-state index is -0.331. The predicted molar refractivity (Wildman–Crippen MR) is 82.4 cm³/mol. The second kappa shape index (κ2) is 4.44. The van der Waals surface area contributed by atoms with Crippen LogP contribution in [0.15, 0.2) is 30.3 Å². The standard InChI is InChI=1S/C19H23NO/c1-17(2)10-15-18(3,13-20)12-19(15,16(21)11-17)9-14-7-5-4-6-8-14/h4-8,15H,9-12H2,1-3H3/t15-,18-,19+/m0/s1. The van der Waals surface area contributed by atoms with Crippen molar-refractivity contribution in [3.63, 3.8) is 0 Å². The first kappa shape index (κ1) is 14.3. The fraction of sp³-hybridized carbons (Fsp3) is 0.579. The molecule has 1 aromatic rings. The molecule has 21 heavy (non-hydrogen) atoms. The zero-order valence-corrected chi connectivity index (χ0v) is 13.1. The summed E-state index contributed by atoms with van der Waals surface area (Å²) in [7, 11) is 0. The van der Waals surface area contributed by atoms with Crippen molar-refractivity contribution in [2.45, 2.75) is 46.5 Å². The van der Waals surface area contributed by atoms with E-state index in [1.807, 2.05) is 25.1 Å². The highest BCUT2D eigenvalue weighted by molar-refractivity contribution is 5.88. The van der Waals surface area contributed by atoms with Crippen molar-refractivity contribution < 1.29 is 4.79 Å². The van der Waals surface area contributed by atoms with Crippen LogP contribution >= 0.6 is 0 Å². The summed E-state index contributed by atoms with van der Waals surface area (Å²) in [6.45, 7) is 6.36. The summed E-state index contributed by atoms with van der Waals surface area (Å²) in [5.41, 5.74) is 0.625. The first-order valence-electron chi connectivity index (χ1n) is 7.80. The van der Waals surface area contributed by atoms with E-state index in [0.29, 0.717) is 12.2 Å². The Morgan fingerprint density at radius 2 is 1.90 bits per heavy atom. The number of hydrogen-bond donors (Lipinski definition) is 0. The first-order chi connectivity index (χ1) is 9.81. The zero-order chi connectivity index (χ0) is 15.3. The molecule has 0 aromatic heterocycles. The van der Waals surface area contributed by atoms with Gasteiger partial charge in [0.25, 0.3) is 0 Å². The molecule has 3 rings (SSSR count). The summed E-state index contributed by atoms with van der Waals surface area (Å²) >= 11 is 0.